The van der Waals surface area contributed by atoms with Crippen LogP contribution >= 0.6 is 0 Å². The molecule has 0 atom stereocenters. The van der Waals surface area contributed by atoms with Crippen LogP contribution < -0.4 is 0 Å². The minimum Gasteiger partial charge on any atom is -0.298 e. The summed E-state index contributed by atoms with van der Waals surface area (Å²) < 4.78 is 37.2. The molecule has 0 amide bonds. The van der Waals surface area contributed by atoms with E-state index in [1.807, 2.05) is 0 Å². The van der Waals surface area contributed by atoms with Crippen LogP contribution in [0.25, 0.3) is 10.9 Å². The highest BCUT2D eigenvalue weighted by Gasteiger charge is 2.30. The molecule has 16 heavy (non-hydrogen) atoms. The summed E-state index contributed by atoms with van der Waals surface area (Å²) in [6.45, 7) is 0. The number of halogens is 3. The first-order valence-corrected chi connectivity index (χ1v) is 4.43. The van der Waals surface area contributed by atoms with Gasteiger partial charge in [0.1, 0.15) is 0 Å². The molecule has 0 spiro atoms. The van der Waals surface area contributed by atoms with E-state index in [1.54, 1.807) is 0 Å². The fraction of sp³-hybridized carbons (Fsp3) is 0.0909. The first kappa shape index (κ1) is 10.6. The largest absolute Gasteiger partial charge is 0.416 e. The second-order valence-electron chi connectivity index (χ2n) is 3.25. The lowest BCUT2D eigenvalue weighted by Gasteiger charge is -2.07. The fourth-order valence-corrected chi connectivity index (χ4v) is 1.45. The highest BCUT2D eigenvalue weighted by molar-refractivity contribution is 5.96. The van der Waals surface area contributed by atoms with Crippen LogP contribution in [0.5, 0.6) is 0 Å². The quantitative estimate of drug-likeness (QED) is 0.698. The molecule has 0 saturated heterocycles. The van der Waals surface area contributed by atoms with Gasteiger partial charge in [0, 0.05) is 17.1 Å². The van der Waals surface area contributed by atoms with Crippen LogP contribution in [0, 0.1) is 0 Å². The molecule has 0 bridgehead atoms. The smallest absolute Gasteiger partial charge is 0.298 e. The van der Waals surface area contributed by atoms with Crippen molar-refractivity contribution >= 4 is 17.2 Å². The van der Waals surface area contributed by atoms with Crippen molar-refractivity contribution in [1.29, 1.82) is 0 Å². The second kappa shape index (κ2) is 3.59. The van der Waals surface area contributed by atoms with Crippen LogP contribution in [0.1, 0.15) is 15.9 Å². The van der Waals surface area contributed by atoms with Gasteiger partial charge < -0.3 is 0 Å². The number of alkyl halides is 3. The number of rotatable bonds is 1. The summed E-state index contributed by atoms with van der Waals surface area (Å²) in [5.74, 6) is 0. The molecule has 5 heteroatoms. The number of nitrogens with zero attached hydrogens (tertiary/aromatic N) is 1. The number of aromatic nitrogens is 1. The topological polar surface area (TPSA) is 30.0 Å². The zero-order chi connectivity index (χ0) is 11.8. The molecule has 1 heterocycles. The molecule has 1 aromatic heterocycles. The van der Waals surface area contributed by atoms with Crippen molar-refractivity contribution in [3.8, 4) is 0 Å². The molecule has 2 aromatic rings. The van der Waals surface area contributed by atoms with Crippen molar-refractivity contribution in [2.45, 2.75) is 6.18 Å². The number of carbonyl (C=O) groups is 1. The van der Waals surface area contributed by atoms with E-state index in [-0.39, 0.29) is 5.52 Å². The molecular formula is C11H6F3NO. The van der Waals surface area contributed by atoms with Crippen LogP contribution in [-0.2, 0) is 6.18 Å². The predicted octanol–water partition coefficient (Wildman–Crippen LogP) is 3.07. The minimum absolute atomic E-state index is 0.166. The lowest BCUT2D eigenvalue weighted by atomic mass is 10.1. The lowest BCUT2D eigenvalue weighted by Crippen LogP contribution is -2.04. The maximum atomic E-state index is 12.4. The average Bonchev–Trinajstić information content (AvgIpc) is 2.26. The van der Waals surface area contributed by atoms with E-state index in [0.717, 1.165) is 12.1 Å². The van der Waals surface area contributed by atoms with E-state index < -0.39 is 11.7 Å². The third-order valence-electron chi connectivity index (χ3n) is 2.23. The van der Waals surface area contributed by atoms with E-state index in [0.29, 0.717) is 17.2 Å². The maximum Gasteiger partial charge on any atom is 0.416 e. The van der Waals surface area contributed by atoms with Crippen molar-refractivity contribution < 1.29 is 18.0 Å². The van der Waals surface area contributed by atoms with E-state index in [2.05, 4.69) is 4.98 Å². The van der Waals surface area contributed by atoms with Crippen LogP contribution in [0.15, 0.2) is 30.5 Å². The zero-order valence-corrected chi connectivity index (χ0v) is 7.95. The SMILES string of the molecule is O=Cc1ccnc2cc(C(F)(F)F)ccc12. The van der Waals surface area contributed by atoms with Gasteiger partial charge >= 0.3 is 6.18 Å². The van der Waals surface area contributed by atoms with Gasteiger partial charge in [0.2, 0.25) is 0 Å². The van der Waals surface area contributed by atoms with Crippen LogP contribution in [0.2, 0.25) is 0 Å². The Bertz CT molecular complexity index is 548. The second-order valence-corrected chi connectivity index (χ2v) is 3.25. The summed E-state index contributed by atoms with van der Waals surface area (Å²) in [5, 5.41) is 0.422. The molecule has 0 unspecified atom stereocenters. The highest BCUT2D eigenvalue weighted by atomic mass is 19.4. The molecule has 0 saturated carbocycles. The molecule has 0 fully saturated rings. The van der Waals surface area contributed by atoms with Gasteiger partial charge in [-0.05, 0) is 18.2 Å². The summed E-state index contributed by atoms with van der Waals surface area (Å²) in [6.07, 6.45) is -2.49. The van der Waals surface area contributed by atoms with Crippen LogP contribution in [0.3, 0.4) is 0 Å². The Morgan fingerprint density at radius 1 is 1.19 bits per heavy atom. The van der Waals surface area contributed by atoms with Crippen molar-refractivity contribution in [2.24, 2.45) is 0 Å². The van der Waals surface area contributed by atoms with Gasteiger partial charge in [-0.3, -0.25) is 9.78 Å². The lowest BCUT2D eigenvalue weighted by molar-refractivity contribution is -0.137. The molecule has 1 aromatic carbocycles. The Morgan fingerprint density at radius 3 is 2.56 bits per heavy atom. The maximum absolute atomic E-state index is 12.4. The highest BCUT2D eigenvalue weighted by Crippen LogP contribution is 2.31. The normalized spacial score (nSPS) is 11.7. The summed E-state index contributed by atoms with van der Waals surface area (Å²) in [7, 11) is 0. The van der Waals surface area contributed by atoms with Gasteiger partial charge in [0.25, 0.3) is 0 Å². The monoisotopic (exact) mass is 225 g/mol. The first-order chi connectivity index (χ1) is 7.52. The average molecular weight is 225 g/mol. The van der Waals surface area contributed by atoms with Gasteiger partial charge in [-0.25, -0.2) is 0 Å². The molecule has 82 valence electrons. The third kappa shape index (κ3) is 1.76. The van der Waals surface area contributed by atoms with Gasteiger partial charge in [0.05, 0.1) is 11.1 Å². The molecule has 0 N–H and O–H groups in total. The van der Waals surface area contributed by atoms with Gasteiger partial charge in [-0.2, -0.15) is 13.2 Å². The summed E-state index contributed by atoms with van der Waals surface area (Å²) >= 11 is 0. The molecule has 0 aliphatic heterocycles. The standard InChI is InChI=1S/C11H6F3NO/c12-11(13,14)8-1-2-9-7(6-16)3-4-15-10(9)5-8/h1-6H. The Morgan fingerprint density at radius 2 is 1.94 bits per heavy atom. The predicted molar refractivity (Wildman–Crippen MR) is 52.1 cm³/mol. The zero-order valence-electron chi connectivity index (χ0n) is 7.95. The van der Waals surface area contributed by atoms with E-state index >= 15 is 0 Å². The first-order valence-electron chi connectivity index (χ1n) is 4.43. The number of carbonyl (C=O) groups excluding carboxylic acids is 1. The summed E-state index contributed by atoms with van der Waals surface area (Å²) in [5.41, 5.74) is -0.270. The summed E-state index contributed by atoms with van der Waals surface area (Å²) in [6, 6.07) is 4.59. The molecule has 0 radical (unpaired) electrons. The van der Waals surface area contributed by atoms with Gasteiger partial charge in [-0.1, -0.05) is 6.07 Å². The number of aldehydes is 1. The fourth-order valence-electron chi connectivity index (χ4n) is 1.45. The van der Waals surface area contributed by atoms with Crippen LogP contribution in [-0.4, -0.2) is 11.3 Å². The van der Waals surface area contributed by atoms with Crippen molar-refractivity contribution in [1.82, 2.24) is 4.98 Å². The number of hydrogen-bond acceptors (Lipinski definition) is 2. The van der Waals surface area contributed by atoms with Gasteiger partial charge in [-0.15, -0.1) is 0 Å². The third-order valence-corrected chi connectivity index (χ3v) is 2.23. The number of fused-ring (bicyclic) bond motifs is 1. The molecular weight excluding hydrogens is 219 g/mol. The van der Waals surface area contributed by atoms with Crippen LogP contribution in [0.4, 0.5) is 13.2 Å². The Hall–Kier alpha value is -1.91. The van der Waals surface area contributed by atoms with E-state index in [1.165, 1.54) is 18.3 Å². The Labute approximate surface area is 88.7 Å². The molecule has 2 nitrogen and oxygen atoms in total. The Kier molecular flexibility index (Phi) is 2.38. The molecule has 0 aliphatic rings. The Balaban J connectivity index is 2.69. The molecule has 0 aliphatic carbocycles. The van der Waals surface area contributed by atoms with Crippen molar-refractivity contribution in [3.63, 3.8) is 0 Å². The minimum atomic E-state index is -4.40. The molecule has 2 rings (SSSR count). The number of hydrogen-bond donors (Lipinski definition) is 0. The number of benzene rings is 1. The summed E-state index contributed by atoms with van der Waals surface area (Å²) in [4.78, 5) is 14.5. The van der Waals surface area contributed by atoms with Crippen molar-refractivity contribution in [2.75, 3.05) is 0 Å². The van der Waals surface area contributed by atoms with Gasteiger partial charge in [0.15, 0.2) is 6.29 Å². The number of pyridine rings is 1. The van der Waals surface area contributed by atoms with E-state index in [4.69, 9.17) is 0 Å². The van der Waals surface area contributed by atoms with E-state index in [9.17, 15) is 18.0 Å². The van der Waals surface area contributed by atoms with Crippen molar-refractivity contribution in [3.05, 3.63) is 41.6 Å².